The molecule has 0 saturated heterocycles. The van der Waals surface area contributed by atoms with Crippen LogP contribution < -0.4 is 15.0 Å². The summed E-state index contributed by atoms with van der Waals surface area (Å²) >= 11 is 0. The fraction of sp³-hybridized carbons (Fsp3) is 0.500. The van der Waals surface area contributed by atoms with Crippen molar-refractivity contribution in [1.29, 1.82) is 0 Å². The minimum Gasteiger partial charge on any atom is -0.481 e. The summed E-state index contributed by atoms with van der Waals surface area (Å²) < 4.78 is 7.23. The van der Waals surface area contributed by atoms with Crippen molar-refractivity contribution in [3.63, 3.8) is 0 Å². The lowest BCUT2D eigenvalue weighted by atomic mass is 9.99. The highest BCUT2D eigenvalue weighted by Gasteiger charge is 2.15. The van der Waals surface area contributed by atoms with Crippen LogP contribution in [-0.2, 0) is 26.6 Å². The molecule has 0 bridgehead atoms. The minimum atomic E-state index is 0.764. The summed E-state index contributed by atoms with van der Waals surface area (Å²) in [6, 6.07) is 6.81. The Morgan fingerprint density at radius 1 is 1.26 bits per heavy atom. The predicted octanol–water partition coefficient (Wildman–Crippen LogP) is 2.41. The zero-order valence-corrected chi connectivity index (χ0v) is 14.5. The van der Waals surface area contributed by atoms with Gasteiger partial charge in [0.25, 0.3) is 0 Å². The minimum absolute atomic E-state index is 0.764. The van der Waals surface area contributed by atoms with E-state index in [4.69, 9.17) is 4.74 Å². The summed E-state index contributed by atoms with van der Waals surface area (Å²) in [6.07, 6.45) is 2.43. The predicted molar refractivity (Wildman–Crippen MR) is 93.1 cm³/mol. The van der Waals surface area contributed by atoms with Crippen molar-refractivity contribution in [3.8, 4) is 5.88 Å². The van der Waals surface area contributed by atoms with Crippen molar-refractivity contribution in [3.05, 3.63) is 40.6 Å². The van der Waals surface area contributed by atoms with Crippen molar-refractivity contribution in [1.82, 2.24) is 15.1 Å². The first-order valence-electron chi connectivity index (χ1n) is 8.20. The van der Waals surface area contributed by atoms with Crippen LogP contribution in [0.3, 0.4) is 0 Å². The van der Waals surface area contributed by atoms with E-state index >= 15 is 0 Å². The van der Waals surface area contributed by atoms with Gasteiger partial charge in [-0.1, -0.05) is 12.1 Å². The van der Waals surface area contributed by atoms with Crippen LogP contribution in [0.25, 0.3) is 0 Å². The van der Waals surface area contributed by atoms with Gasteiger partial charge in [0.2, 0.25) is 5.88 Å². The number of fused-ring (bicyclic) bond motifs is 1. The highest BCUT2D eigenvalue weighted by Crippen LogP contribution is 2.27. The van der Waals surface area contributed by atoms with Gasteiger partial charge in [0.05, 0.1) is 18.4 Å². The zero-order chi connectivity index (χ0) is 16.4. The van der Waals surface area contributed by atoms with Gasteiger partial charge < -0.3 is 15.0 Å². The Hall–Kier alpha value is -2.01. The van der Waals surface area contributed by atoms with Crippen molar-refractivity contribution in [2.24, 2.45) is 7.05 Å². The highest BCUT2D eigenvalue weighted by molar-refractivity contribution is 5.56. The number of aromatic nitrogens is 2. The molecule has 0 spiro atoms. The normalized spacial score (nSPS) is 14.0. The molecule has 124 valence electrons. The fourth-order valence-corrected chi connectivity index (χ4v) is 3.42. The van der Waals surface area contributed by atoms with E-state index in [1.54, 1.807) is 11.8 Å². The number of ether oxygens (including phenoxy) is 1. The SMILES string of the molecule is COc1c(CNCc2ccc3c(c2)CCCN3C)c(C)nn1C. The van der Waals surface area contributed by atoms with E-state index in [0.29, 0.717) is 0 Å². The third-order valence-corrected chi connectivity index (χ3v) is 4.61. The molecule has 1 aliphatic rings. The molecule has 0 amide bonds. The second kappa shape index (κ2) is 6.62. The third-order valence-electron chi connectivity index (χ3n) is 4.61. The Morgan fingerprint density at radius 2 is 2.09 bits per heavy atom. The summed E-state index contributed by atoms with van der Waals surface area (Å²) in [6.45, 7) is 4.80. The molecule has 1 aliphatic heterocycles. The van der Waals surface area contributed by atoms with Crippen molar-refractivity contribution < 1.29 is 4.74 Å². The average Bonchev–Trinajstić information content (AvgIpc) is 2.81. The number of nitrogens with zero attached hydrogens (tertiary/aromatic N) is 3. The lowest BCUT2D eigenvalue weighted by Crippen LogP contribution is -2.24. The van der Waals surface area contributed by atoms with E-state index in [0.717, 1.165) is 36.8 Å². The lowest BCUT2D eigenvalue weighted by Gasteiger charge is -2.27. The number of hydrogen-bond donors (Lipinski definition) is 1. The van der Waals surface area contributed by atoms with Gasteiger partial charge in [-0.3, -0.25) is 0 Å². The van der Waals surface area contributed by atoms with Crippen LogP contribution in [0.15, 0.2) is 18.2 Å². The number of rotatable bonds is 5. The van der Waals surface area contributed by atoms with Gasteiger partial charge in [-0.2, -0.15) is 5.10 Å². The molecule has 2 aromatic rings. The number of methoxy groups -OCH3 is 1. The maximum Gasteiger partial charge on any atom is 0.216 e. The van der Waals surface area contributed by atoms with E-state index in [1.807, 2.05) is 14.0 Å². The van der Waals surface area contributed by atoms with Gasteiger partial charge in [-0.05, 0) is 37.0 Å². The molecular weight excluding hydrogens is 288 g/mol. The summed E-state index contributed by atoms with van der Waals surface area (Å²) in [5.74, 6) is 0.835. The molecule has 23 heavy (non-hydrogen) atoms. The monoisotopic (exact) mass is 314 g/mol. The number of aryl methyl sites for hydroxylation is 3. The molecule has 1 aromatic carbocycles. The Bertz CT molecular complexity index is 693. The molecule has 3 rings (SSSR count). The van der Waals surface area contributed by atoms with E-state index in [1.165, 1.54) is 29.7 Å². The molecule has 5 nitrogen and oxygen atoms in total. The second-order valence-corrected chi connectivity index (χ2v) is 6.29. The molecule has 1 aromatic heterocycles. The molecule has 0 aliphatic carbocycles. The molecule has 0 atom stereocenters. The second-order valence-electron chi connectivity index (χ2n) is 6.29. The Balaban J connectivity index is 1.65. The lowest BCUT2D eigenvalue weighted by molar-refractivity contribution is 0.368. The van der Waals surface area contributed by atoms with Gasteiger partial charge in [-0.15, -0.1) is 0 Å². The summed E-state index contributed by atoms with van der Waals surface area (Å²) in [4.78, 5) is 2.35. The fourth-order valence-electron chi connectivity index (χ4n) is 3.42. The van der Waals surface area contributed by atoms with Crippen LogP contribution in [0.5, 0.6) is 5.88 Å². The van der Waals surface area contributed by atoms with Crippen LogP contribution >= 0.6 is 0 Å². The smallest absolute Gasteiger partial charge is 0.216 e. The first-order chi connectivity index (χ1) is 11.1. The topological polar surface area (TPSA) is 42.3 Å². The zero-order valence-electron chi connectivity index (χ0n) is 14.5. The van der Waals surface area contributed by atoms with E-state index in [2.05, 4.69) is 40.6 Å². The molecule has 0 fully saturated rings. The third kappa shape index (κ3) is 3.20. The molecule has 0 unspecified atom stereocenters. The molecule has 5 heteroatoms. The van der Waals surface area contributed by atoms with Gasteiger partial charge in [0, 0.05) is 39.4 Å². The van der Waals surface area contributed by atoms with E-state index in [-0.39, 0.29) is 0 Å². The molecule has 0 saturated carbocycles. The quantitative estimate of drug-likeness (QED) is 0.920. The maximum absolute atomic E-state index is 5.44. The number of nitrogens with one attached hydrogen (secondary N) is 1. The Labute approximate surface area is 138 Å². The Kier molecular flexibility index (Phi) is 4.57. The van der Waals surface area contributed by atoms with Crippen LogP contribution in [0.4, 0.5) is 5.69 Å². The van der Waals surface area contributed by atoms with Crippen LogP contribution in [0, 0.1) is 6.92 Å². The van der Waals surface area contributed by atoms with Crippen molar-refractivity contribution in [2.45, 2.75) is 32.9 Å². The van der Waals surface area contributed by atoms with Crippen LogP contribution in [0.1, 0.15) is 28.8 Å². The number of anilines is 1. The first-order valence-corrected chi connectivity index (χ1v) is 8.20. The molecule has 2 heterocycles. The summed E-state index contributed by atoms with van der Waals surface area (Å²) in [7, 11) is 5.78. The maximum atomic E-state index is 5.44. The van der Waals surface area contributed by atoms with E-state index in [9.17, 15) is 0 Å². The van der Waals surface area contributed by atoms with Crippen molar-refractivity contribution >= 4 is 5.69 Å². The van der Waals surface area contributed by atoms with Crippen LogP contribution in [-0.4, -0.2) is 30.5 Å². The van der Waals surface area contributed by atoms with Gasteiger partial charge in [0.15, 0.2) is 0 Å². The first kappa shape index (κ1) is 15.9. The molecular formula is C18H26N4O. The van der Waals surface area contributed by atoms with Crippen LogP contribution in [0.2, 0.25) is 0 Å². The van der Waals surface area contributed by atoms with Gasteiger partial charge >= 0.3 is 0 Å². The van der Waals surface area contributed by atoms with Crippen molar-refractivity contribution in [2.75, 3.05) is 25.6 Å². The standard InChI is InChI=1S/C18H26N4O/c1-13-16(18(23-4)22(3)20-13)12-19-11-14-7-8-17-15(10-14)6-5-9-21(17)2/h7-8,10,19H,5-6,9,11-12H2,1-4H3. The highest BCUT2D eigenvalue weighted by atomic mass is 16.5. The number of benzene rings is 1. The Morgan fingerprint density at radius 3 is 2.87 bits per heavy atom. The van der Waals surface area contributed by atoms with Gasteiger partial charge in [-0.25, -0.2) is 4.68 Å². The number of hydrogen-bond acceptors (Lipinski definition) is 4. The van der Waals surface area contributed by atoms with Gasteiger partial charge in [0.1, 0.15) is 0 Å². The summed E-state index contributed by atoms with van der Waals surface area (Å²) in [5, 5.41) is 7.94. The largest absolute Gasteiger partial charge is 0.481 e. The molecule has 0 radical (unpaired) electrons. The molecule has 1 N–H and O–H groups in total. The van der Waals surface area contributed by atoms with E-state index < -0.39 is 0 Å². The average molecular weight is 314 g/mol. The summed E-state index contributed by atoms with van der Waals surface area (Å²) in [5.41, 5.74) is 6.33.